The summed E-state index contributed by atoms with van der Waals surface area (Å²) in [6.07, 6.45) is 1.93. The van der Waals surface area contributed by atoms with Gasteiger partial charge >= 0.3 is 5.97 Å². The summed E-state index contributed by atoms with van der Waals surface area (Å²) in [6.45, 7) is -0.308. The summed E-state index contributed by atoms with van der Waals surface area (Å²) in [7, 11) is 1.50. The highest BCUT2D eigenvalue weighted by Crippen LogP contribution is 2.25. The molecule has 0 saturated heterocycles. The molecule has 0 spiro atoms. The number of aliphatic carboxylic acids is 1. The molecule has 1 aromatic heterocycles. The molecule has 2 aromatic carbocycles. The predicted octanol–water partition coefficient (Wildman–Crippen LogP) is 2.37. The maximum absolute atomic E-state index is 12.2. The Morgan fingerprint density at radius 3 is 2.56 bits per heavy atom. The number of ether oxygens (including phenoxy) is 2. The van der Waals surface area contributed by atoms with E-state index in [1.165, 1.54) is 7.11 Å². The number of H-pyrrole nitrogens is 1. The fourth-order valence-electron chi connectivity index (χ4n) is 2.84. The lowest BCUT2D eigenvalue weighted by molar-refractivity contribution is -0.142. The van der Waals surface area contributed by atoms with E-state index in [0.717, 1.165) is 16.5 Å². The second-order valence-corrected chi connectivity index (χ2v) is 5.96. The Kier molecular flexibility index (Phi) is 5.61. The summed E-state index contributed by atoms with van der Waals surface area (Å²) >= 11 is 0. The molecule has 3 rings (SSSR count). The van der Waals surface area contributed by atoms with Crippen molar-refractivity contribution < 1.29 is 24.2 Å². The molecule has 0 aliphatic heterocycles. The van der Waals surface area contributed by atoms with E-state index in [0.29, 0.717) is 11.5 Å². The van der Waals surface area contributed by atoms with Crippen molar-refractivity contribution >= 4 is 22.8 Å². The summed E-state index contributed by atoms with van der Waals surface area (Å²) in [5.41, 5.74) is 1.74. The van der Waals surface area contributed by atoms with Gasteiger partial charge in [-0.1, -0.05) is 30.3 Å². The molecule has 3 aromatic rings. The van der Waals surface area contributed by atoms with Gasteiger partial charge in [-0.15, -0.1) is 0 Å². The zero-order valence-electron chi connectivity index (χ0n) is 14.8. The molecule has 0 radical (unpaired) electrons. The summed E-state index contributed by atoms with van der Waals surface area (Å²) in [4.78, 5) is 26.9. The Morgan fingerprint density at radius 2 is 1.81 bits per heavy atom. The van der Waals surface area contributed by atoms with Crippen molar-refractivity contribution in [2.45, 2.75) is 12.5 Å². The van der Waals surface area contributed by atoms with E-state index in [1.807, 2.05) is 24.3 Å². The van der Waals surface area contributed by atoms with Crippen LogP contribution in [0.25, 0.3) is 10.9 Å². The van der Waals surface area contributed by atoms with Crippen molar-refractivity contribution in [1.29, 1.82) is 0 Å². The van der Waals surface area contributed by atoms with E-state index < -0.39 is 17.9 Å². The van der Waals surface area contributed by atoms with Gasteiger partial charge in [0.2, 0.25) is 0 Å². The topological polar surface area (TPSA) is 101 Å². The van der Waals surface area contributed by atoms with Crippen LogP contribution >= 0.6 is 0 Å². The zero-order chi connectivity index (χ0) is 19.2. The normalized spacial score (nSPS) is 11.7. The van der Waals surface area contributed by atoms with Crippen LogP contribution in [-0.4, -0.2) is 41.7 Å². The van der Waals surface area contributed by atoms with E-state index in [2.05, 4.69) is 10.3 Å². The molecule has 1 heterocycles. The van der Waals surface area contributed by atoms with Crippen molar-refractivity contribution in [3.05, 3.63) is 60.3 Å². The van der Waals surface area contributed by atoms with Crippen LogP contribution in [0.1, 0.15) is 5.56 Å². The van der Waals surface area contributed by atoms with Gasteiger partial charge < -0.3 is 24.9 Å². The summed E-state index contributed by atoms with van der Waals surface area (Å²) in [6, 6.07) is 13.5. The lowest BCUT2D eigenvalue weighted by atomic mass is 10.1. The molecule has 7 nitrogen and oxygen atoms in total. The highest BCUT2D eigenvalue weighted by molar-refractivity contribution is 5.87. The molecular formula is C20H20N2O5. The Bertz CT molecular complexity index is 950. The minimum absolute atomic E-state index is 0.166. The van der Waals surface area contributed by atoms with Crippen molar-refractivity contribution in [2.24, 2.45) is 0 Å². The van der Waals surface area contributed by atoms with E-state index in [1.54, 1.807) is 30.5 Å². The Morgan fingerprint density at radius 1 is 1.11 bits per heavy atom. The van der Waals surface area contributed by atoms with Gasteiger partial charge in [-0.25, -0.2) is 4.79 Å². The maximum atomic E-state index is 12.2. The van der Waals surface area contributed by atoms with Crippen molar-refractivity contribution in [3.63, 3.8) is 0 Å². The molecule has 0 bridgehead atoms. The number of rotatable bonds is 8. The first-order valence-corrected chi connectivity index (χ1v) is 8.41. The predicted molar refractivity (Wildman–Crippen MR) is 100 cm³/mol. The molecule has 0 aliphatic carbocycles. The number of hydrogen-bond donors (Lipinski definition) is 3. The van der Waals surface area contributed by atoms with Gasteiger partial charge in [0.05, 0.1) is 7.11 Å². The van der Waals surface area contributed by atoms with Crippen LogP contribution in [0.5, 0.6) is 11.5 Å². The number of carbonyl (C=O) groups is 2. The highest BCUT2D eigenvalue weighted by atomic mass is 16.5. The van der Waals surface area contributed by atoms with Crippen molar-refractivity contribution in [3.8, 4) is 11.5 Å². The Hall–Kier alpha value is -3.48. The average molecular weight is 368 g/mol. The smallest absolute Gasteiger partial charge is 0.326 e. The third-order valence-electron chi connectivity index (χ3n) is 4.16. The number of aromatic nitrogens is 1. The molecule has 7 heteroatoms. The summed E-state index contributed by atoms with van der Waals surface area (Å²) in [5.74, 6) is -0.711. The number of carbonyl (C=O) groups excluding carboxylic acids is 1. The number of carboxylic acid groups (broad SMARTS) is 1. The standard InChI is InChI=1S/C20H20N2O5/c1-26-17-8-4-5-9-18(17)27-12-19(23)22-16(20(24)25)10-13-11-21-15-7-3-2-6-14(13)15/h2-9,11,16,21H,10,12H2,1H3,(H,22,23)(H,24,25). The second-order valence-electron chi connectivity index (χ2n) is 5.96. The average Bonchev–Trinajstić information content (AvgIpc) is 3.09. The monoisotopic (exact) mass is 368 g/mol. The van der Waals surface area contributed by atoms with E-state index >= 15 is 0 Å². The van der Waals surface area contributed by atoms with E-state index in [9.17, 15) is 14.7 Å². The molecule has 1 atom stereocenters. The van der Waals surface area contributed by atoms with Crippen LogP contribution in [0, 0.1) is 0 Å². The fraction of sp³-hybridized carbons (Fsp3) is 0.200. The molecule has 1 unspecified atom stereocenters. The number of aromatic amines is 1. The van der Waals surface area contributed by atoms with Gasteiger partial charge in [-0.3, -0.25) is 4.79 Å². The minimum Gasteiger partial charge on any atom is -0.493 e. The number of benzene rings is 2. The summed E-state index contributed by atoms with van der Waals surface area (Å²) < 4.78 is 10.6. The van der Waals surface area contributed by atoms with Crippen LogP contribution in [0.15, 0.2) is 54.7 Å². The lowest BCUT2D eigenvalue weighted by Gasteiger charge is -2.15. The number of carboxylic acids is 1. The first kappa shape index (κ1) is 18.3. The van der Waals surface area contributed by atoms with Gasteiger partial charge in [0.1, 0.15) is 6.04 Å². The van der Waals surface area contributed by atoms with Gasteiger partial charge in [0, 0.05) is 23.5 Å². The number of hydrogen-bond acceptors (Lipinski definition) is 4. The number of methoxy groups -OCH3 is 1. The SMILES string of the molecule is COc1ccccc1OCC(=O)NC(Cc1c[nH]c2ccccc12)C(=O)O. The molecule has 3 N–H and O–H groups in total. The van der Waals surface area contributed by atoms with Crippen molar-refractivity contribution in [1.82, 2.24) is 10.3 Å². The molecular weight excluding hydrogens is 348 g/mol. The van der Waals surface area contributed by atoms with Gasteiger partial charge in [-0.2, -0.15) is 0 Å². The quantitative estimate of drug-likeness (QED) is 0.567. The number of amides is 1. The van der Waals surface area contributed by atoms with Gasteiger partial charge in [0.25, 0.3) is 5.91 Å². The van der Waals surface area contributed by atoms with E-state index in [4.69, 9.17) is 9.47 Å². The summed E-state index contributed by atoms with van der Waals surface area (Å²) in [5, 5.41) is 12.9. The number of nitrogens with one attached hydrogen (secondary N) is 2. The third kappa shape index (κ3) is 4.38. The van der Waals surface area contributed by atoms with Crippen LogP contribution in [0.2, 0.25) is 0 Å². The maximum Gasteiger partial charge on any atom is 0.326 e. The van der Waals surface area contributed by atoms with Crippen LogP contribution in [-0.2, 0) is 16.0 Å². The van der Waals surface area contributed by atoms with E-state index in [-0.39, 0.29) is 13.0 Å². The van der Waals surface area contributed by atoms with Crippen molar-refractivity contribution in [2.75, 3.05) is 13.7 Å². The second kappa shape index (κ2) is 8.27. The van der Waals surface area contributed by atoms with Gasteiger partial charge in [-0.05, 0) is 23.8 Å². The largest absolute Gasteiger partial charge is 0.493 e. The minimum atomic E-state index is -1.11. The third-order valence-corrected chi connectivity index (χ3v) is 4.16. The zero-order valence-corrected chi connectivity index (χ0v) is 14.8. The number of para-hydroxylation sites is 3. The molecule has 140 valence electrons. The van der Waals surface area contributed by atoms with Crippen LogP contribution in [0.4, 0.5) is 0 Å². The molecule has 1 amide bonds. The molecule has 27 heavy (non-hydrogen) atoms. The van der Waals surface area contributed by atoms with Crippen LogP contribution in [0.3, 0.4) is 0 Å². The van der Waals surface area contributed by atoms with Gasteiger partial charge in [0.15, 0.2) is 18.1 Å². The molecule has 0 saturated carbocycles. The number of fused-ring (bicyclic) bond motifs is 1. The lowest BCUT2D eigenvalue weighted by Crippen LogP contribution is -2.44. The van der Waals surface area contributed by atoms with Crippen LogP contribution < -0.4 is 14.8 Å². The first-order chi connectivity index (χ1) is 13.1. The molecule has 0 fully saturated rings. The molecule has 0 aliphatic rings. The fourth-order valence-corrected chi connectivity index (χ4v) is 2.84. The first-order valence-electron chi connectivity index (χ1n) is 8.41. The Balaban J connectivity index is 1.64. The highest BCUT2D eigenvalue weighted by Gasteiger charge is 2.22. The Labute approximate surface area is 155 Å².